The van der Waals surface area contributed by atoms with Crippen LogP contribution in [0.15, 0.2) is 24.3 Å². The molecular formula is C19H26Cl3N3O4. The van der Waals surface area contributed by atoms with Gasteiger partial charge in [-0.25, -0.2) is 4.79 Å². The molecule has 0 saturated heterocycles. The second-order valence-corrected chi connectivity index (χ2v) is 10.2. The van der Waals surface area contributed by atoms with E-state index < -0.39 is 21.0 Å². The first kappa shape index (κ1) is 23.8. The summed E-state index contributed by atoms with van der Waals surface area (Å²) in [6.45, 7) is 6.38. The molecule has 1 amide bonds. The summed E-state index contributed by atoms with van der Waals surface area (Å²) in [6, 6.07) is 5.55. The van der Waals surface area contributed by atoms with Gasteiger partial charge in [-0.15, -0.1) is 0 Å². The predicted octanol–water partition coefficient (Wildman–Crippen LogP) is 5.89. The number of alkyl halides is 3. The molecule has 1 aromatic rings. The topological polar surface area (TPSA) is 93.5 Å². The Hall–Kier alpha value is -1.44. The number of nitro groups is 1. The van der Waals surface area contributed by atoms with Crippen LogP contribution in [0.4, 0.5) is 16.2 Å². The molecule has 1 aliphatic carbocycles. The van der Waals surface area contributed by atoms with Crippen LogP contribution in [0.25, 0.3) is 0 Å². The molecular weight excluding hydrogens is 441 g/mol. The number of carbonyl (C=O) groups is 1. The number of non-ortho nitro benzene ring substituents is 1. The zero-order chi connectivity index (χ0) is 21.8. The van der Waals surface area contributed by atoms with Gasteiger partial charge in [0.2, 0.25) is 3.79 Å². The summed E-state index contributed by atoms with van der Waals surface area (Å²) in [7, 11) is 0. The Morgan fingerprint density at radius 2 is 1.86 bits per heavy atom. The highest BCUT2D eigenvalue weighted by Crippen LogP contribution is 2.36. The lowest BCUT2D eigenvalue weighted by Gasteiger charge is -2.37. The number of amides is 1. The number of benzene rings is 1. The van der Waals surface area contributed by atoms with Crippen molar-refractivity contribution in [3.63, 3.8) is 0 Å². The second kappa shape index (κ2) is 10.0. The largest absolute Gasteiger partial charge is 0.446 e. The number of nitrogens with one attached hydrogen (secondary N) is 2. The van der Waals surface area contributed by atoms with Gasteiger partial charge in [0.25, 0.3) is 5.69 Å². The number of hydrogen-bond donors (Lipinski definition) is 2. The van der Waals surface area contributed by atoms with Crippen molar-refractivity contribution in [2.75, 3.05) is 5.32 Å². The summed E-state index contributed by atoms with van der Waals surface area (Å²) in [4.78, 5) is 22.8. The van der Waals surface area contributed by atoms with E-state index in [1.807, 2.05) is 0 Å². The van der Waals surface area contributed by atoms with Crippen LogP contribution in [-0.2, 0) is 4.74 Å². The van der Waals surface area contributed by atoms with E-state index in [9.17, 15) is 14.9 Å². The molecule has 0 heterocycles. The Bertz CT molecular complexity index is 710. The maximum Gasteiger partial charge on any atom is 0.409 e. The van der Waals surface area contributed by atoms with E-state index in [0.29, 0.717) is 17.5 Å². The molecule has 0 bridgehead atoms. The average Bonchev–Trinajstić information content (AvgIpc) is 2.60. The molecule has 29 heavy (non-hydrogen) atoms. The van der Waals surface area contributed by atoms with Crippen molar-refractivity contribution in [2.24, 2.45) is 17.8 Å². The van der Waals surface area contributed by atoms with E-state index in [1.54, 1.807) is 0 Å². The summed E-state index contributed by atoms with van der Waals surface area (Å²) in [5.74, 6) is 1.15. The molecule has 7 nitrogen and oxygen atoms in total. The number of alkyl carbamates (subject to hydrolysis) is 1. The standard InChI is InChI=1S/C19H26Cl3N3O4/c1-11(2)15-9-4-12(3)10-16(15)29-18(26)24-17(19(20,21)22)23-13-5-7-14(8-6-13)25(27)28/h5-8,11-12,15-17,23H,4,9-10H2,1-3H3,(H,24,26)/t12-,15+,16-,17+/m1/s1. The van der Waals surface area contributed by atoms with Gasteiger partial charge in [-0.3, -0.25) is 15.4 Å². The molecule has 2 rings (SSSR count). The molecule has 2 N–H and O–H groups in total. The Morgan fingerprint density at radius 1 is 1.24 bits per heavy atom. The smallest absolute Gasteiger partial charge is 0.409 e. The van der Waals surface area contributed by atoms with Crippen molar-refractivity contribution in [1.29, 1.82) is 0 Å². The maximum absolute atomic E-state index is 12.5. The third-order valence-corrected chi connectivity index (χ3v) is 5.85. The molecule has 0 unspecified atom stereocenters. The fourth-order valence-electron chi connectivity index (χ4n) is 3.59. The third-order valence-electron chi connectivity index (χ3n) is 5.20. The zero-order valence-electron chi connectivity index (χ0n) is 16.5. The van der Waals surface area contributed by atoms with Crippen LogP contribution < -0.4 is 10.6 Å². The second-order valence-electron chi connectivity index (χ2n) is 7.84. The minimum absolute atomic E-state index is 0.0699. The van der Waals surface area contributed by atoms with E-state index in [2.05, 4.69) is 31.4 Å². The third kappa shape index (κ3) is 7.08. The highest BCUT2D eigenvalue weighted by atomic mass is 35.6. The zero-order valence-corrected chi connectivity index (χ0v) is 18.8. The molecule has 0 aliphatic heterocycles. The Labute approximate surface area is 185 Å². The van der Waals surface area contributed by atoms with Crippen molar-refractivity contribution < 1.29 is 14.5 Å². The molecule has 1 saturated carbocycles. The van der Waals surface area contributed by atoms with Crippen LogP contribution in [0.5, 0.6) is 0 Å². The van der Waals surface area contributed by atoms with Gasteiger partial charge in [0.05, 0.1) is 4.92 Å². The van der Waals surface area contributed by atoms with Gasteiger partial charge >= 0.3 is 6.09 Å². The van der Waals surface area contributed by atoms with Gasteiger partial charge in [0, 0.05) is 17.8 Å². The summed E-state index contributed by atoms with van der Waals surface area (Å²) in [5.41, 5.74) is 0.373. The summed E-state index contributed by atoms with van der Waals surface area (Å²) < 4.78 is 3.82. The van der Waals surface area contributed by atoms with E-state index in [0.717, 1.165) is 19.3 Å². The van der Waals surface area contributed by atoms with Crippen molar-refractivity contribution in [2.45, 2.75) is 56.1 Å². The molecule has 0 radical (unpaired) electrons. The van der Waals surface area contributed by atoms with Crippen molar-refractivity contribution in [1.82, 2.24) is 5.32 Å². The van der Waals surface area contributed by atoms with Crippen LogP contribution in [0.3, 0.4) is 0 Å². The van der Waals surface area contributed by atoms with Crippen LogP contribution in [0.1, 0.15) is 40.0 Å². The quantitative estimate of drug-likeness (QED) is 0.236. The maximum atomic E-state index is 12.5. The number of nitro benzene ring substituents is 1. The molecule has 0 spiro atoms. The lowest BCUT2D eigenvalue weighted by atomic mass is 9.75. The molecule has 1 fully saturated rings. The van der Waals surface area contributed by atoms with Crippen LogP contribution in [-0.4, -0.2) is 27.1 Å². The molecule has 1 aliphatic rings. The van der Waals surface area contributed by atoms with Gasteiger partial charge in [0.15, 0.2) is 0 Å². The molecule has 10 heteroatoms. The molecule has 1 aromatic carbocycles. The van der Waals surface area contributed by atoms with E-state index in [-0.39, 0.29) is 17.7 Å². The first-order valence-electron chi connectivity index (χ1n) is 9.52. The van der Waals surface area contributed by atoms with Gasteiger partial charge in [0.1, 0.15) is 12.3 Å². The fourth-order valence-corrected chi connectivity index (χ4v) is 3.91. The highest BCUT2D eigenvalue weighted by Gasteiger charge is 2.37. The first-order valence-corrected chi connectivity index (χ1v) is 10.7. The van der Waals surface area contributed by atoms with Gasteiger partial charge in [-0.05, 0) is 42.7 Å². The number of anilines is 1. The van der Waals surface area contributed by atoms with Gasteiger partial charge < -0.3 is 10.1 Å². The summed E-state index contributed by atoms with van der Waals surface area (Å²) in [5, 5.41) is 16.2. The van der Waals surface area contributed by atoms with E-state index >= 15 is 0 Å². The molecule has 162 valence electrons. The SMILES string of the molecule is CC(C)[C@@H]1CC[C@@H](C)C[C@H]1OC(=O)N[C@H](Nc1ccc([N+](=O)[O-])cc1)C(Cl)(Cl)Cl. The van der Waals surface area contributed by atoms with E-state index in [1.165, 1.54) is 24.3 Å². The van der Waals surface area contributed by atoms with Crippen LogP contribution in [0, 0.1) is 27.9 Å². The van der Waals surface area contributed by atoms with Crippen molar-refractivity contribution in [3.8, 4) is 0 Å². The lowest BCUT2D eigenvalue weighted by molar-refractivity contribution is -0.384. The van der Waals surface area contributed by atoms with E-state index in [4.69, 9.17) is 39.5 Å². The summed E-state index contributed by atoms with van der Waals surface area (Å²) in [6.07, 6.45) is 0.938. The highest BCUT2D eigenvalue weighted by molar-refractivity contribution is 6.68. The van der Waals surface area contributed by atoms with Crippen LogP contribution in [0.2, 0.25) is 0 Å². The predicted molar refractivity (Wildman–Crippen MR) is 116 cm³/mol. The first-order chi connectivity index (χ1) is 13.5. The number of halogens is 3. The average molecular weight is 467 g/mol. The number of hydrogen-bond acceptors (Lipinski definition) is 5. The molecule has 0 aromatic heterocycles. The monoisotopic (exact) mass is 465 g/mol. The number of ether oxygens (including phenoxy) is 1. The fraction of sp³-hybridized carbons (Fsp3) is 0.632. The minimum atomic E-state index is -1.88. The Kier molecular flexibility index (Phi) is 8.26. The van der Waals surface area contributed by atoms with Crippen molar-refractivity contribution in [3.05, 3.63) is 34.4 Å². The molecule has 4 atom stereocenters. The summed E-state index contributed by atoms with van der Waals surface area (Å²) >= 11 is 18.0. The number of rotatable bonds is 6. The Morgan fingerprint density at radius 3 is 2.38 bits per heavy atom. The van der Waals surface area contributed by atoms with Crippen molar-refractivity contribution >= 4 is 52.3 Å². The Balaban J connectivity index is 2.05. The normalized spacial score (nSPS) is 23.3. The lowest BCUT2D eigenvalue weighted by Crippen LogP contribution is -2.50. The minimum Gasteiger partial charge on any atom is -0.446 e. The number of nitrogens with zero attached hydrogens (tertiary/aromatic N) is 1. The number of carbonyl (C=O) groups excluding carboxylic acids is 1. The van der Waals surface area contributed by atoms with Crippen LogP contribution >= 0.6 is 34.8 Å². The van der Waals surface area contributed by atoms with Gasteiger partial charge in [-0.1, -0.05) is 62.0 Å². The van der Waals surface area contributed by atoms with Gasteiger partial charge in [-0.2, -0.15) is 0 Å².